The van der Waals surface area contributed by atoms with Gasteiger partial charge >= 0.3 is 0 Å². The third-order valence-corrected chi connectivity index (χ3v) is 1.68. The van der Waals surface area contributed by atoms with Gasteiger partial charge in [-0.3, -0.25) is 4.79 Å². The number of ketones is 1. The molecular weight excluding hydrogens is 188 g/mol. The van der Waals surface area contributed by atoms with Gasteiger partial charge in [0.1, 0.15) is 5.78 Å². The zero-order valence-corrected chi connectivity index (χ0v) is 11.3. The molecule has 0 aliphatic rings. The Morgan fingerprint density at radius 1 is 0.933 bits per heavy atom. The highest BCUT2D eigenvalue weighted by Crippen LogP contribution is 2.07. The molecule has 0 aliphatic heterocycles. The fourth-order valence-electron chi connectivity index (χ4n) is 1.20. The molecule has 0 saturated carbocycles. The standard InChI is InChI=1S/C9H18O.C4H10O/c1-7(2)5-9(10)6-8(3)4;1-3-5-4-2/h7-8H,5-6H2,1-4H3;3-4H2,1-2H3. The van der Waals surface area contributed by atoms with Crippen molar-refractivity contribution in [3.05, 3.63) is 0 Å². The first kappa shape index (κ1) is 17.0. The molecule has 0 saturated heterocycles. The van der Waals surface area contributed by atoms with E-state index in [0.717, 1.165) is 26.1 Å². The van der Waals surface area contributed by atoms with Gasteiger partial charge in [-0.25, -0.2) is 0 Å². The van der Waals surface area contributed by atoms with Gasteiger partial charge < -0.3 is 4.74 Å². The van der Waals surface area contributed by atoms with E-state index in [1.165, 1.54) is 0 Å². The summed E-state index contributed by atoms with van der Waals surface area (Å²) in [7, 11) is 0. The van der Waals surface area contributed by atoms with Gasteiger partial charge in [-0.15, -0.1) is 0 Å². The maximum atomic E-state index is 11.1. The van der Waals surface area contributed by atoms with Crippen LogP contribution in [0.5, 0.6) is 0 Å². The van der Waals surface area contributed by atoms with Gasteiger partial charge in [0.2, 0.25) is 0 Å². The normalized spacial score (nSPS) is 10.1. The summed E-state index contributed by atoms with van der Waals surface area (Å²) in [6, 6.07) is 0. The van der Waals surface area contributed by atoms with Gasteiger partial charge in [0, 0.05) is 26.1 Å². The van der Waals surface area contributed by atoms with E-state index < -0.39 is 0 Å². The minimum absolute atomic E-state index is 0.407. The summed E-state index contributed by atoms with van der Waals surface area (Å²) < 4.78 is 4.83. The molecule has 0 heterocycles. The first-order chi connectivity index (χ1) is 6.93. The number of Topliss-reactive ketones (excluding diaryl/α,β-unsaturated/α-hetero) is 1. The first-order valence-electron chi connectivity index (χ1n) is 6.03. The molecule has 0 rings (SSSR count). The quantitative estimate of drug-likeness (QED) is 0.677. The number of ether oxygens (including phenoxy) is 1. The van der Waals surface area contributed by atoms with Crippen molar-refractivity contribution < 1.29 is 9.53 Å². The van der Waals surface area contributed by atoms with Crippen LogP contribution in [0.2, 0.25) is 0 Å². The third-order valence-electron chi connectivity index (χ3n) is 1.68. The van der Waals surface area contributed by atoms with E-state index in [-0.39, 0.29) is 0 Å². The predicted octanol–water partition coefficient (Wildman–Crippen LogP) is 3.69. The Kier molecular flexibility index (Phi) is 13.3. The molecule has 2 heteroatoms. The van der Waals surface area contributed by atoms with E-state index >= 15 is 0 Å². The number of carbonyl (C=O) groups is 1. The largest absolute Gasteiger partial charge is 0.382 e. The second-order valence-electron chi connectivity index (χ2n) is 4.52. The fraction of sp³-hybridized carbons (Fsp3) is 0.923. The Morgan fingerprint density at radius 2 is 1.27 bits per heavy atom. The summed E-state index contributed by atoms with van der Waals surface area (Å²) in [6.45, 7) is 14.0. The van der Waals surface area contributed by atoms with E-state index in [9.17, 15) is 4.79 Å². The molecule has 0 fully saturated rings. The molecule has 0 unspecified atom stereocenters. The van der Waals surface area contributed by atoms with Crippen LogP contribution in [0.15, 0.2) is 0 Å². The summed E-state index contributed by atoms with van der Waals surface area (Å²) in [5.41, 5.74) is 0. The van der Waals surface area contributed by atoms with Crippen LogP contribution >= 0.6 is 0 Å². The van der Waals surface area contributed by atoms with Gasteiger partial charge in [-0.2, -0.15) is 0 Å². The van der Waals surface area contributed by atoms with Crippen molar-refractivity contribution in [2.45, 2.75) is 54.4 Å². The molecule has 0 aromatic carbocycles. The Balaban J connectivity index is 0. The highest BCUT2D eigenvalue weighted by Gasteiger charge is 2.06. The lowest BCUT2D eigenvalue weighted by molar-refractivity contribution is -0.120. The Bertz CT molecular complexity index is 125. The van der Waals surface area contributed by atoms with Gasteiger partial charge in [0.05, 0.1) is 0 Å². The lowest BCUT2D eigenvalue weighted by Gasteiger charge is -2.05. The molecule has 0 aromatic rings. The van der Waals surface area contributed by atoms with Crippen molar-refractivity contribution >= 4 is 5.78 Å². The van der Waals surface area contributed by atoms with Crippen LogP contribution in [0.4, 0.5) is 0 Å². The number of carbonyl (C=O) groups excluding carboxylic acids is 1. The predicted molar refractivity (Wildman–Crippen MR) is 66.1 cm³/mol. The van der Waals surface area contributed by atoms with Crippen LogP contribution in [0.25, 0.3) is 0 Å². The van der Waals surface area contributed by atoms with Crippen molar-refractivity contribution in [1.29, 1.82) is 0 Å². The maximum Gasteiger partial charge on any atom is 0.133 e. The number of rotatable bonds is 6. The molecule has 0 N–H and O–H groups in total. The third kappa shape index (κ3) is 19.9. The Labute approximate surface area is 95.4 Å². The van der Waals surface area contributed by atoms with Crippen LogP contribution in [0.1, 0.15) is 54.4 Å². The molecule has 0 bridgehead atoms. The van der Waals surface area contributed by atoms with E-state index in [1.54, 1.807) is 0 Å². The minimum Gasteiger partial charge on any atom is -0.382 e. The smallest absolute Gasteiger partial charge is 0.133 e. The van der Waals surface area contributed by atoms with Crippen LogP contribution in [0, 0.1) is 11.8 Å². The lowest BCUT2D eigenvalue weighted by atomic mass is 10.00. The summed E-state index contributed by atoms with van der Waals surface area (Å²) in [5.74, 6) is 1.45. The van der Waals surface area contributed by atoms with Gasteiger partial charge in [0.25, 0.3) is 0 Å². The molecule has 2 nitrogen and oxygen atoms in total. The van der Waals surface area contributed by atoms with Crippen LogP contribution < -0.4 is 0 Å². The average molecular weight is 216 g/mol. The molecule has 0 aliphatic carbocycles. The molecule has 0 spiro atoms. The van der Waals surface area contributed by atoms with Crippen LogP contribution in [0.3, 0.4) is 0 Å². The lowest BCUT2D eigenvalue weighted by Crippen LogP contribution is -2.05. The Morgan fingerprint density at radius 3 is 1.40 bits per heavy atom. The van der Waals surface area contributed by atoms with Crippen LogP contribution in [-0.2, 0) is 9.53 Å². The fourth-order valence-corrected chi connectivity index (χ4v) is 1.20. The molecule has 0 aromatic heterocycles. The molecule has 0 amide bonds. The van der Waals surface area contributed by atoms with Crippen LogP contribution in [-0.4, -0.2) is 19.0 Å². The topological polar surface area (TPSA) is 26.3 Å². The second-order valence-corrected chi connectivity index (χ2v) is 4.52. The van der Waals surface area contributed by atoms with Crippen molar-refractivity contribution in [2.24, 2.45) is 11.8 Å². The maximum absolute atomic E-state index is 11.1. The summed E-state index contributed by atoms with van der Waals surface area (Å²) in [6.07, 6.45) is 1.50. The molecular formula is C13H28O2. The summed E-state index contributed by atoms with van der Waals surface area (Å²) >= 11 is 0. The van der Waals surface area contributed by atoms with Gasteiger partial charge in [-0.1, -0.05) is 27.7 Å². The van der Waals surface area contributed by atoms with Crippen molar-refractivity contribution in [3.8, 4) is 0 Å². The van der Waals surface area contributed by atoms with Gasteiger partial charge in [0.15, 0.2) is 0 Å². The minimum atomic E-state index is 0.407. The SMILES string of the molecule is CC(C)CC(=O)CC(C)C.CCOCC. The Hall–Kier alpha value is -0.370. The van der Waals surface area contributed by atoms with E-state index in [4.69, 9.17) is 4.74 Å². The highest BCUT2D eigenvalue weighted by molar-refractivity contribution is 5.78. The second kappa shape index (κ2) is 11.7. The van der Waals surface area contributed by atoms with Crippen molar-refractivity contribution in [1.82, 2.24) is 0 Å². The number of hydrogen-bond acceptors (Lipinski definition) is 2. The van der Waals surface area contributed by atoms with E-state index in [2.05, 4.69) is 27.7 Å². The molecule has 0 atom stereocenters. The zero-order valence-electron chi connectivity index (χ0n) is 11.3. The zero-order chi connectivity index (χ0) is 12.3. The molecule has 15 heavy (non-hydrogen) atoms. The first-order valence-corrected chi connectivity index (χ1v) is 6.03. The molecule has 0 radical (unpaired) electrons. The summed E-state index contributed by atoms with van der Waals surface area (Å²) in [5, 5.41) is 0. The number of hydrogen-bond donors (Lipinski definition) is 0. The summed E-state index contributed by atoms with van der Waals surface area (Å²) in [4.78, 5) is 11.1. The van der Waals surface area contributed by atoms with Crippen molar-refractivity contribution in [2.75, 3.05) is 13.2 Å². The molecule has 92 valence electrons. The van der Waals surface area contributed by atoms with E-state index in [0.29, 0.717) is 17.6 Å². The van der Waals surface area contributed by atoms with Gasteiger partial charge in [-0.05, 0) is 25.7 Å². The highest BCUT2D eigenvalue weighted by atomic mass is 16.5. The average Bonchev–Trinajstić information content (AvgIpc) is 2.03. The monoisotopic (exact) mass is 216 g/mol. The van der Waals surface area contributed by atoms with Crippen molar-refractivity contribution in [3.63, 3.8) is 0 Å². The van der Waals surface area contributed by atoms with E-state index in [1.807, 2.05) is 13.8 Å².